The van der Waals surface area contributed by atoms with Crippen molar-refractivity contribution >= 4 is 0 Å². The molecule has 1 aliphatic heterocycles. The normalized spacial score (nSPS) is 42.0. The summed E-state index contributed by atoms with van der Waals surface area (Å²) in [5.41, 5.74) is 5.40. The van der Waals surface area contributed by atoms with E-state index in [0.717, 1.165) is 12.8 Å². The molecule has 0 spiro atoms. The molecule has 0 saturated carbocycles. The fraction of sp³-hybridized carbons (Fsp3) is 1.00. The maximum absolute atomic E-state index is 5.40. The van der Waals surface area contributed by atoms with Crippen molar-refractivity contribution < 1.29 is 4.74 Å². The molecular weight excluding hydrogens is 90.1 g/mol. The van der Waals surface area contributed by atoms with Crippen LogP contribution in [-0.4, -0.2) is 12.3 Å². The van der Waals surface area contributed by atoms with E-state index >= 15 is 0 Å². The summed E-state index contributed by atoms with van der Waals surface area (Å²) in [6.45, 7) is 2.05. The largest absolute Gasteiger partial charge is 0.361 e. The van der Waals surface area contributed by atoms with Gasteiger partial charge in [0.15, 0.2) is 0 Å². The minimum atomic E-state index is 0.0231. The molecule has 0 aromatic heterocycles. The second kappa shape index (κ2) is 1.80. The molecule has 42 valence electrons. The van der Waals surface area contributed by atoms with Crippen molar-refractivity contribution in [2.24, 2.45) is 5.73 Å². The van der Waals surface area contributed by atoms with E-state index in [0.29, 0.717) is 6.10 Å². The lowest BCUT2D eigenvalue weighted by Gasteiger charge is -2.01. The molecule has 0 bridgehead atoms. The fourth-order valence-electron chi connectivity index (χ4n) is 0.833. The molecule has 1 rings (SSSR count). The minimum absolute atomic E-state index is 0.0231. The van der Waals surface area contributed by atoms with Crippen molar-refractivity contribution in [3.8, 4) is 0 Å². The van der Waals surface area contributed by atoms with Crippen LogP contribution in [0.3, 0.4) is 0 Å². The summed E-state index contributed by atoms with van der Waals surface area (Å²) >= 11 is 0. The molecule has 2 N–H and O–H groups in total. The van der Waals surface area contributed by atoms with Gasteiger partial charge in [0.05, 0.1) is 6.10 Å². The summed E-state index contributed by atoms with van der Waals surface area (Å²) in [6.07, 6.45) is 2.58. The Morgan fingerprint density at radius 3 is 2.43 bits per heavy atom. The van der Waals surface area contributed by atoms with Crippen molar-refractivity contribution in [1.82, 2.24) is 0 Å². The highest BCUT2D eigenvalue weighted by molar-refractivity contribution is 4.63. The lowest BCUT2D eigenvalue weighted by atomic mass is 10.2. The molecule has 7 heavy (non-hydrogen) atoms. The average molecular weight is 101 g/mol. The molecule has 0 radical (unpaired) electrons. The van der Waals surface area contributed by atoms with Crippen molar-refractivity contribution in [3.63, 3.8) is 0 Å². The van der Waals surface area contributed by atoms with Crippen LogP contribution < -0.4 is 5.73 Å². The van der Waals surface area contributed by atoms with Gasteiger partial charge in [-0.25, -0.2) is 0 Å². The molecule has 0 aromatic carbocycles. The summed E-state index contributed by atoms with van der Waals surface area (Å²) in [7, 11) is 0. The van der Waals surface area contributed by atoms with Crippen LogP contribution in [0.15, 0.2) is 0 Å². The topological polar surface area (TPSA) is 35.2 Å². The van der Waals surface area contributed by atoms with E-state index in [2.05, 4.69) is 0 Å². The minimum Gasteiger partial charge on any atom is -0.361 e. The highest BCUT2D eigenvalue weighted by Crippen LogP contribution is 2.14. The van der Waals surface area contributed by atoms with Gasteiger partial charge < -0.3 is 10.5 Å². The highest BCUT2D eigenvalue weighted by atomic mass is 16.5. The molecule has 0 amide bonds. The molecular formula is C5H11NO. The quantitative estimate of drug-likeness (QED) is 0.481. The van der Waals surface area contributed by atoms with Crippen molar-refractivity contribution in [1.29, 1.82) is 0 Å². The maximum Gasteiger partial charge on any atom is 0.106 e. The first-order valence-electron chi connectivity index (χ1n) is 2.70. The van der Waals surface area contributed by atoms with Crippen molar-refractivity contribution in [2.75, 3.05) is 0 Å². The van der Waals surface area contributed by atoms with Crippen LogP contribution in [-0.2, 0) is 4.74 Å². The lowest BCUT2D eigenvalue weighted by Crippen LogP contribution is -2.18. The first-order valence-corrected chi connectivity index (χ1v) is 2.70. The smallest absolute Gasteiger partial charge is 0.106 e. The summed E-state index contributed by atoms with van der Waals surface area (Å²) in [5.74, 6) is 0. The van der Waals surface area contributed by atoms with Crippen LogP contribution >= 0.6 is 0 Å². The number of ether oxygens (including phenoxy) is 1. The maximum atomic E-state index is 5.40. The van der Waals surface area contributed by atoms with E-state index in [1.54, 1.807) is 0 Å². The van der Waals surface area contributed by atoms with E-state index < -0.39 is 0 Å². The van der Waals surface area contributed by atoms with Gasteiger partial charge >= 0.3 is 0 Å². The Hall–Kier alpha value is -0.0800. The van der Waals surface area contributed by atoms with Gasteiger partial charge in [0.25, 0.3) is 0 Å². The molecule has 1 fully saturated rings. The second-order valence-corrected chi connectivity index (χ2v) is 2.06. The van der Waals surface area contributed by atoms with Crippen molar-refractivity contribution in [3.05, 3.63) is 0 Å². The molecule has 0 aliphatic carbocycles. The number of hydrogen-bond acceptors (Lipinski definition) is 2. The molecule has 0 unspecified atom stereocenters. The van der Waals surface area contributed by atoms with Crippen LogP contribution in [0.1, 0.15) is 19.8 Å². The van der Waals surface area contributed by atoms with Crippen LogP contribution in [0, 0.1) is 0 Å². The second-order valence-electron chi connectivity index (χ2n) is 2.06. The third-order valence-electron chi connectivity index (χ3n) is 1.26. The molecule has 1 aliphatic rings. The van der Waals surface area contributed by atoms with Gasteiger partial charge in [-0.05, 0) is 19.8 Å². The van der Waals surface area contributed by atoms with Crippen LogP contribution in [0.2, 0.25) is 0 Å². The monoisotopic (exact) mass is 101 g/mol. The Labute approximate surface area is 43.6 Å². The number of hydrogen-bond donors (Lipinski definition) is 1. The Morgan fingerprint density at radius 2 is 2.29 bits per heavy atom. The summed E-state index contributed by atoms with van der Waals surface area (Å²) in [4.78, 5) is 0. The fourth-order valence-corrected chi connectivity index (χ4v) is 0.833. The zero-order valence-electron chi connectivity index (χ0n) is 4.55. The van der Waals surface area contributed by atoms with Gasteiger partial charge in [-0.2, -0.15) is 0 Å². The van der Waals surface area contributed by atoms with Gasteiger partial charge in [-0.15, -0.1) is 0 Å². The van der Waals surface area contributed by atoms with Crippen LogP contribution in [0.25, 0.3) is 0 Å². The highest BCUT2D eigenvalue weighted by Gasteiger charge is 2.16. The molecule has 0 aromatic rings. The van der Waals surface area contributed by atoms with Crippen molar-refractivity contribution in [2.45, 2.75) is 32.1 Å². The molecule has 1 heterocycles. The summed E-state index contributed by atoms with van der Waals surface area (Å²) < 4.78 is 5.14. The van der Waals surface area contributed by atoms with Gasteiger partial charge in [-0.1, -0.05) is 0 Å². The molecule has 1 saturated heterocycles. The van der Waals surface area contributed by atoms with E-state index in [4.69, 9.17) is 10.5 Å². The van der Waals surface area contributed by atoms with Crippen LogP contribution in [0.5, 0.6) is 0 Å². The zero-order chi connectivity index (χ0) is 5.28. The Kier molecular flexibility index (Phi) is 1.30. The summed E-state index contributed by atoms with van der Waals surface area (Å²) in [6, 6.07) is 0. The predicted molar refractivity (Wildman–Crippen MR) is 27.8 cm³/mol. The van der Waals surface area contributed by atoms with E-state index in [-0.39, 0.29) is 6.23 Å². The SMILES string of the molecule is C[C@H]1CC[C@@H](N)O1. The van der Waals surface area contributed by atoms with Gasteiger partial charge in [0.2, 0.25) is 0 Å². The Balaban J connectivity index is 2.26. The third-order valence-corrected chi connectivity index (χ3v) is 1.26. The van der Waals surface area contributed by atoms with Gasteiger partial charge in [0, 0.05) is 0 Å². The van der Waals surface area contributed by atoms with E-state index in [9.17, 15) is 0 Å². The summed E-state index contributed by atoms with van der Waals surface area (Å²) in [5, 5.41) is 0. The number of rotatable bonds is 0. The van der Waals surface area contributed by atoms with E-state index in [1.165, 1.54) is 0 Å². The zero-order valence-corrected chi connectivity index (χ0v) is 4.55. The number of nitrogens with two attached hydrogens (primary N) is 1. The lowest BCUT2D eigenvalue weighted by molar-refractivity contribution is 0.0601. The Bertz CT molecular complexity index is 57.1. The molecule has 2 atom stereocenters. The first kappa shape index (κ1) is 5.06. The Morgan fingerprint density at radius 1 is 1.57 bits per heavy atom. The van der Waals surface area contributed by atoms with Gasteiger partial charge in [-0.3, -0.25) is 0 Å². The molecule has 2 heteroatoms. The third kappa shape index (κ3) is 1.14. The molecule has 2 nitrogen and oxygen atoms in total. The first-order chi connectivity index (χ1) is 3.29. The predicted octanol–water partition coefficient (Wildman–Crippen LogP) is 0.470. The van der Waals surface area contributed by atoms with E-state index in [1.807, 2.05) is 6.92 Å². The standard InChI is InChI=1S/C5H11NO/c1-4-2-3-5(6)7-4/h4-5H,2-3,6H2,1H3/t4-,5-/m0/s1. The van der Waals surface area contributed by atoms with Gasteiger partial charge in [0.1, 0.15) is 6.23 Å². The van der Waals surface area contributed by atoms with Crippen LogP contribution in [0.4, 0.5) is 0 Å². The average Bonchev–Trinajstić information content (AvgIpc) is 1.87.